The maximum absolute atomic E-state index is 11.5. The first-order valence-corrected chi connectivity index (χ1v) is 6.82. The fraction of sp³-hybridized carbons (Fsp3) is 0.556. The van der Waals surface area contributed by atoms with Gasteiger partial charge in [0.15, 0.2) is 0 Å². The quantitative estimate of drug-likeness (QED) is 0.739. The number of thioether (sulfide) groups is 1. The zero-order chi connectivity index (χ0) is 11.3. The first-order valence-electron chi connectivity index (χ1n) is 4.55. The van der Waals surface area contributed by atoms with E-state index in [0.29, 0.717) is 18.8 Å². The molecule has 0 aromatic carbocycles. The largest absolute Gasteiger partial charge is 0.461 e. The Bertz CT molecular complexity index is 383. The van der Waals surface area contributed by atoms with Crippen LogP contribution >= 0.6 is 23.1 Å². The molecule has 0 amide bonds. The summed E-state index contributed by atoms with van der Waals surface area (Å²) in [5.41, 5.74) is 0.362. The molecule has 0 fully saturated rings. The second kappa shape index (κ2) is 5.97. The van der Waals surface area contributed by atoms with Crippen molar-refractivity contribution in [1.82, 2.24) is 4.57 Å². The lowest BCUT2D eigenvalue weighted by atomic mass is 10.4. The molecule has 84 valence electrons. The van der Waals surface area contributed by atoms with Crippen LogP contribution in [0.3, 0.4) is 0 Å². The maximum atomic E-state index is 11.5. The van der Waals surface area contributed by atoms with E-state index < -0.39 is 5.97 Å². The first kappa shape index (κ1) is 12.3. The average molecular weight is 247 g/mol. The molecule has 15 heavy (non-hydrogen) atoms. The van der Waals surface area contributed by atoms with Crippen molar-refractivity contribution in [3.8, 4) is 0 Å². The van der Waals surface area contributed by atoms with Crippen molar-refractivity contribution in [3.05, 3.63) is 20.7 Å². The Balaban J connectivity index is 2.87. The molecular formula is C9H13NO3S2. The van der Waals surface area contributed by atoms with Crippen LogP contribution in [-0.2, 0) is 11.3 Å². The Morgan fingerprint density at radius 3 is 3.00 bits per heavy atom. The fourth-order valence-electron chi connectivity index (χ4n) is 1.09. The Morgan fingerprint density at radius 2 is 2.40 bits per heavy atom. The number of nitrogens with zero attached hydrogens (tertiary/aromatic N) is 1. The van der Waals surface area contributed by atoms with Crippen LogP contribution < -0.4 is 4.87 Å². The Morgan fingerprint density at radius 1 is 1.67 bits per heavy atom. The third-order valence-corrected chi connectivity index (χ3v) is 3.14. The van der Waals surface area contributed by atoms with Gasteiger partial charge in [-0.05, 0) is 13.2 Å². The third kappa shape index (κ3) is 3.10. The summed E-state index contributed by atoms with van der Waals surface area (Å²) >= 11 is 2.67. The van der Waals surface area contributed by atoms with E-state index in [1.165, 1.54) is 4.57 Å². The number of rotatable bonds is 5. The molecule has 6 heteroatoms. The van der Waals surface area contributed by atoms with Gasteiger partial charge in [-0.15, -0.1) is 0 Å². The number of thiazole rings is 1. The number of hydrogen-bond acceptors (Lipinski definition) is 5. The molecule has 4 nitrogen and oxygen atoms in total. The molecule has 0 saturated carbocycles. The molecular weight excluding hydrogens is 234 g/mol. The second-order valence-electron chi connectivity index (χ2n) is 2.75. The summed E-state index contributed by atoms with van der Waals surface area (Å²) in [6, 6.07) is 0. The van der Waals surface area contributed by atoms with E-state index in [1.54, 1.807) is 24.1 Å². The highest BCUT2D eigenvalue weighted by Crippen LogP contribution is 2.05. The van der Waals surface area contributed by atoms with E-state index in [1.807, 2.05) is 6.26 Å². The van der Waals surface area contributed by atoms with Gasteiger partial charge in [-0.2, -0.15) is 11.8 Å². The third-order valence-electron chi connectivity index (χ3n) is 1.79. The smallest absolute Gasteiger partial charge is 0.355 e. The molecule has 0 spiro atoms. The van der Waals surface area contributed by atoms with Crippen molar-refractivity contribution < 1.29 is 9.53 Å². The molecule has 0 aliphatic carbocycles. The molecule has 0 bridgehead atoms. The summed E-state index contributed by atoms with van der Waals surface area (Å²) in [4.78, 5) is 22.8. The topological polar surface area (TPSA) is 48.3 Å². The number of carbonyl (C=O) groups excluding carboxylic acids is 1. The summed E-state index contributed by atoms with van der Waals surface area (Å²) in [7, 11) is 0. The summed E-state index contributed by atoms with van der Waals surface area (Å²) in [5.74, 6) is 0.389. The van der Waals surface area contributed by atoms with Crippen LogP contribution in [0.5, 0.6) is 0 Å². The number of aromatic nitrogens is 1. The van der Waals surface area contributed by atoms with Gasteiger partial charge in [0.1, 0.15) is 5.69 Å². The van der Waals surface area contributed by atoms with Gasteiger partial charge in [-0.3, -0.25) is 9.36 Å². The molecule has 1 rings (SSSR count). The molecule has 0 radical (unpaired) electrons. The summed E-state index contributed by atoms with van der Waals surface area (Å²) in [6.07, 6.45) is 1.96. The number of hydrogen-bond donors (Lipinski definition) is 0. The predicted octanol–water partition coefficient (Wildman–Crippen LogP) is 1.45. The Kier molecular flexibility index (Phi) is 4.90. The van der Waals surface area contributed by atoms with E-state index in [-0.39, 0.29) is 4.87 Å². The number of esters is 1. The van der Waals surface area contributed by atoms with Crippen molar-refractivity contribution in [2.45, 2.75) is 13.5 Å². The van der Waals surface area contributed by atoms with Crippen LogP contribution in [0.4, 0.5) is 0 Å². The summed E-state index contributed by atoms with van der Waals surface area (Å²) in [5, 5.41) is 1.56. The summed E-state index contributed by atoms with van der Waals surface area (Å²) in [6.45, 7) is 2.62. The lowest BCUT2D eigenvalue weighted by molar-refractivity contribution is 0.0513. The van der Waals surface area contributed by atoms with Crippen LogP contribution in [0.15, 0.2) is 10.2 Å². The van der Waals surface area contributed by atoms with Crippen LogP contribution in [-0.4, -0.2) is 29.2 Å². The maximum Gasteiger partial charge on any atom is 0.355 e. The van der Waals surface area contributed by atoms with Crippen LogP contribution in [0, 0.1) is 0 Å². The van der Waals surface area contributed by atoms with Gasteiger partial charge in [0.2, 0.25) is 0 Å². The van der Waals surface area contributed by atoms with Gasteiger partial charge in [-0.1, -0.05) is 11.3 Å². The molecule has 0 saturated heterocycles. The first-order chi connectivity index (χ1) is 7.20. The molecule has 0 N–H and O–H groups in total. The number of carbonyl (C=O) groups is 1. The van der Waals surface area contributed by atoms with Gasteiger partial charge in [0, 0.05) is 17.7 Å². The van der Waals surface area contributed by atoms with E-state index in [2.05, 4.69) is 0 Å². The van der Waals surface area contributed by atoms with Gasteiger partial charge in [-0.25, -0.2) is 4.79 Å². The minimum absolute atomic E-state index is 0.105. The molecule has 1 aromatic rings. The summed E-state index contributed by atoms with van der Waals surface area (Å²) < 4.78 is 6.33. The molecule has 0 aliphatic rings. The van der Waals surface area contributed by atoms with E-state index in [0.717, 1.165) is 17.1 Å². The predicted molar refractivity (Wildman–Crippen MR) is 62.9 cm³/mol. The molecule has 0 unspecified atom stereocenters. The minimum atomic E-state index is -0.419. The standard InChI is InChI=1S/C9H13NO3S2/c1-3-13-8(11)7-6-15-9(12)10(7)4-5-14-2/h6H,3-5H2,1-2H3. The second-order valence-corrected chi connectivity index (χ2v) is 4.56. The van der Waals surface area contributed by atoms with Crippen LogP contribution in [0.25, 0.3) is 0 Å². The van der Waals surface area contributed by atoms with Gasteiger partial charge >= 0.3 is 10.8 Å². The van der Waals surface area contributed by atoms with Crippen LogP contribution in [0.2, 0.25) is 0 Å². The van der Waals surface area contributed by atoms with Crippen molar-refractivity contribution in [1.29, 1.82) is 0 Å². The SMILES string of the molecule is CCOC(=O)c1csc(=O)n1CCSC. The van der Waals surface area contributed by atoms with Gasteiger partial charge in [0.05, 0.1) is 6.61 Å². The van der Waals surface area contributed by atoms with Crippen LogP contribution in [0.1, 0.15) is 17.4 Å². The van der Waals surface area contributed by atoms with E-state index in [9.17, 15) is 9.59 Å². The highest BCUT2D eigenvalue weighted by Gasteiger charge is 2.14. The minimum Gasteiger partial charge on any atom is -0.461 e. The molecule has 0 atom stereocenters. The van der Waals surface area contributed by atoms with E-state index >= 15 is 0 Å². The fourth-order valence-corrected chi connectivity index (χ4v) is 2.21. The van der Waals surface area contributed by atoms with Crippen molar-refractivity contribution in [2.75, 3.05) is 18.6 Å². The zero-order valence-corrected chi connectivity index (χ0v) is 10.3. The highest BCUT2D eigenvalue weighted by atomic mass is 32.2. The molecule has 0 aliphatic heterocycles. The average Bonchev–Trinajstić information content (AvgIpc) is 2.57. The lowest BCUT2D eigenvalue weighted by Gasteiger charge is -2.05. The Labute approximate surface area is 96.3 Å². The van der Waals surface area contributed by atoms with Gasteiger partial charge < -0.3 is 4.74 Å². The van der Waals surface area contributed by atoms with Crippen molar-refractivity contribution in [3.63, 3.8) is 0 Å². The zero-order valence-electron chi connectivity index (χ0n) is 8.69. The molecule has 1 aromatic heterocycles. The molecule has 1 heterocycles. The van der Waals surface area contributed by atoms with Crippen molar-refractivity contribution >= 4 is 29.1 Å². The van der Waals surface area contributed by atoms with Gasteiger partial charge in [0.25, 0.3) is 0 Å². The van der Waals surface area contributed by atoms with E-state index in [4.69, 9.17) is 4.74 Å². The normalized spacial score (nSPS) is 10.3. The van der Waals surface area contributed by atoms with Crippen molar-refractivity contribution in [2.24, 2.45) is 0 Å². The Hall–Kier alpha value is -0.750. The highest BCUT2D eigenvalue weighted by molar-refractivity contribution is 7.98. The number of ether oxygens (including phenoxy) is 1. The monoisotopic (exact) mass is 247 g/mol. The lowest BCUT2D eigenvalue weighted by Crippen LogP contribution is -2.21.